The van der Waals surface area contributed by atoms with E-state index in [4.69, 9.17) is 9.94 Å². The van der Waals surface area contributed by atoms with E-state index in [9.17, 15) is 0 Å². The molecule has 9 heavy (non-hydrogen) atoms. The van der Waals surface area contributed by atoms with Crippen LogP contribution in [0.1, 0.15) is 20.8 Å². The summed E-state index contributed by atoms with van der Waals surface area (Å²) in [7, 11) is 1.70. The fourth-order valence-electron chi connectivity index (χ4n) is 0.421. The second kappa shape index (κ2) is 3.82. The minimum Gasteiger partial charge on any atom is -0.377 e. The van der Waals surface area contributed by atoms with Gasteiger partial charge in [0.05, 0.1) is 6.10 Å². The molecule has 0 fully saturated rings. The number of aliphatic hydroxyl groups is 1. The van der Waals surface area contributed by atoms with Crippen molar-refractivity contribution in [1.82, 2.24) is 5.06 Å². The van der Waals surface area contributed by atoms with Crippen molar-refractivity contribution >= 4 is 0 Å². The summed E-state index contributed by atoms with van der Waals surface area (Å²) in [4.78, 5) is 5.09. The lowest BCUT2D eigenvalue weighted by Gasteiger charge is -2.21. The van der Waals surface area contributed by atoms with Crippen LogP contribution in [0.4, 0.5) is 0 Å². The van der Waals surface area contributed by atoms with Crippen molar-refractivity contribution in [1.29, 1.82) is 0 Å². The van der Waals surface area contributed by atoms with Crippen LogP contribution in [0.2, 0.25) is 0 Å². The molecule has 1 unspecified atom stereocenters. The second-order valence-corrected chi connectivity index (χ2v) is 2.33. The van der Waals surface area contributed by atoms with E-state index in [2.05, 4.69) is 0 Å². The van der Waals surface area contributed by atoms with Gasteiger partial charge in [0.25, 0.3) is 0 Å². The molecule has 0 aliphatic heterocycles. The Bertz CT molecular complexity index is 73.5. The number of hydrogen-bond donors (Lipinski definition) is 1. The van der Waals surface area contributed by atoms with Crippen molar-refractivity contribution in [2.45, 2.75) is 33.1 Å². The summed E-state index contributed by atoms with van der Waals surface area (Å²) in [6, 6.07) is 0. The molecular weight excluding hydrogens is 118 g/mol. The van der Waals surface area contributed by atoms with Gasteiger partial charge in [0.2, 0.25) is 0 Å². The average Bonchev–Trinajstić information content (AvgIpc) is 1.63. The SMILES string of the molecule is CC(C)ON(C)C(C)O. The van der Waals surface area contributed by atoms with Crippen molar-refractivity contribution < 1.29 is 9.94 Å². The molecule has 0 amide bonds. The summed E-state index contributed by atoms with van der Waals surface area (Å²) < 4.78 is 0. The molecule has 0 radical (unpaired) electrons. The van der Waals surface area contributed by atoms with Crippen molar-refractivity contribution in [2.75, 3.05) is 7.05 Å². The quantitative estimate of drug-likeness (QED) is 0.452. The molecule has 0 aromatic rings. The average molecular weight is 133 g/mol. The van der Waals surface area contributed by atoms with Crippen LogP contribution in [-0.4, -0.2) is 29.5 Å². The maximum Gasteiger partial charge on any atom is 0.126 e. The van der Waals surface area contributed by atoms with Crippen LogP contribution in [0.5, 0.6) is 0 Å². The Morgan fingerprint density at radius 1 is 1.33 bits per heavy atom. The maximum absolute atomic E-state index is 8.87. The van der Waals surface area contributed by atoms with Crippen LogP contribution in [0.3, 0.4) is 0 Å². The first-order chi connectivity index (χ1) is 4.04. The summed E-state index contributed by atoms with van der Waals surface area (Å²) in [5, 5.41) is 10.3. The Kier molecular flexibility index (Phi) is 3.77. The molecule has 0 aliphatic carbocycles. The summed E-state index contributed by atoms with van der Waals surface area (Å²) >= 11 is 0. The lowest BCUT2D eigenvalue weighted by atomic mass is 10.5. The van der Waals surface area contributed by atoms with Crippen molar-refractivity contribution in [3.63, 3.8) is 0 Å². The predicted octanol–water partition coefficient (Wildman–Crippen LogP) is 0.597. The first-order valence-electron chi connectivity index (χ1n) is 3.11. The first kappa shape index (κ1) is 8.88. The molecule has 0 bridgehead atoms. The number of hydrogen-bond acceptors (Lipinski definition) is 3. The lowest BCUT2D eigenvalue weighted by Crippen LogP contribution is -2.31. The van der Waals surface area contributed by atoms with Crippen LogP contribution >= 0.6 is 0 Å². The van der Waals surface area contributed by atoms with E-state index < -0.39 is 6.23 Å². The topological polar surface area (TPSA) is 32.7 Å². The highest BCUT2D eigenvalue weighted by molar-refractivity contribution is 4.37. The monoisotopic (exact) mass is 133 g/mol. The van der Waals surface area contributed by atoms with Crippen molar-refractivity contribution in [2.24, 2.45) is 0 Å². The van der Waals surface area contributed by atoms with Crippen LogP contribution in [0, 0.1) is 0 Å². The van der Waals surface area contributed by atoms with Crippen molar-refractivity contribution in [3.05, 3.63) is 0 Å². The Balaban J connectivity index is 3.38. The molecule has 56 valence electrons. The summed E-state index contributed by atoms with van der Waals surface area (Å²) in [6.45, 7) is 5.49. The van der Waals surface area contributed by atoms with Crippen LogP contribution in [-0.2, 0) is 4.84 Å². The Hall–Kier alpha value is -0.120. The van der Waals surface area contributed by atoms with E-state index in [1.54, 1.807) is 14.0 Å². The zero-order chi connectivity index (χ0) is 7.44. The van der Waals surface area contributed by atoms with Gasteiger partial charge in [-0.1, -0.05) is 0 Å². The molecule has 0 aromatic carbocycles. The van der Waals surface area contributed by atoms with Crippen LogP contribution in [0.15, 0.2) is 0 Å². The number of nitrogens with zero attached hydrogens (tertiary/aromatic N) is 1. The largest absolute Gasteiger partial charge is 0.377 e. The molecule has 0 aromatic heterocycles. The molecule has 3 nitrogen and oxygen atoms in total. The smallest absolute Gasteiger partial charge is 0.126 e. The first-order valence-corrected chi connectivity index (χ1v) is 3.11. The molecular formula is C6H15NO2. The fraction of sp³-hybridized carbons (Fsp3) is 1.00. The van der Waals surface area contributed by atoms with E-state index in [-0.39, 0.29) is 6.10 Å². The molecule has 1 atom stereocenters. The zero-order valence-corrected chi connectivity index (χ0v) is 6.46. The van der Waals surface area contributed by atoms with Crippen LogP contribution < -0.4 is 0 Å². The number of rotatable bonds is 3. The Morgan fingerprint density at radius 3 is 1.89 bits per heavy atom. The molecule has 0 saturated heterocycles. The number of aliphatic hydroxyl groups excluding tert-OH is 1. The standard InChI is InChI=1S/C6H15NO2/c1-5(2)9-7(4)6(3)8/h5-6,8H,1-4H3. The summed E-state index contributed by atoms with van der Waals surface area (Å²) in [6.07, 6.45) is -0.406. The van der Waals surface area contributed by atoms with Crippen molar-refractivity contribution in [3.8, 4) is 0 Å². The normalized spacial score (nSPS) is 15.0. The predicted molar refractivity (Wildman–Crippen MR) is 35.7 cm³/mol. The van der Waals surface area contributed by atoms with E-state index in [0.29, 0.717) is 0 Å². The van der Waals surface area contributed by atoms with E-state index in [1.807, 2.05) is 13.8 Å². The van der Waals surface area contributed by atoms with Gasteiger partial charge in [-0.05, 0) is 20.8 Å². The lowest BCUT2D eigenvalue weighted by molar-refractivity contribution is -0.237. The van der Waals surface area contributed by atoms with Gasteiger partial charge in [-0.2, -0.15) is 5.06 Å². The van der Waals surface area contributed by atoms with Gasteiger partial charge in [-0.15, -0.1) is 0 Å². The third kappa shape index (κ3) is 4.39. The van der Waals surface area contributed by atoms with E-state index in [0.717, 1.165) is 0 Å². The molecule has 3 heteroatoms. The van der Waals surface area contributed by atoms with Gasteiger partial charge in [-0.3, -0.25) is 4.84 Å². The number of hydroxylamine groups is 2. The van der Waals surface area contributed by atoms with Gasteiger partial charge >= 0.3 is 0 Å². The molecule has 0 saturated carbocycles. The maximum atomic E-state index is 8.87. The highest BCUT2D eigenvalue weighted by Gasteiger charge is 2.05. The highest BCUT2D eigenvalue weighted by Crippen LogP contribution is 1.96. The fourth-order valence-corrected chi connectivity index (χ4v) is 0.421. The molecule has 0 spiro atoms. The van der Waals surface area contributed by atoms with E-state index in [1.165, 1.54) is 5.06 Å². The summed E-state index contributed by atoms with van der Waals surface area (Å²) in [5.74, 6) is 0. The minimum absolute atomic E-state index is 0.129. The molecule has 0 rings (SSSR count). The zero-order valence-electron chi connectivity index (χ0n) is 6.46. The van der Waals surface area contributed by atoms with Gasteiger partial charge in [-0.25, -0.2) is 0 Å². The Morgan fingerprint density at radius 2 is 1.78 bits per heavy atom. The Labute approximate surface area is 56.2 Å². The van der Waals surface area contributed by atoms with Gasteiger partial charge < -0.3 is 5.11 Å². The highest BCUT2D eigenvalue weighted by atomic mass is 16.7. The molecule has 0 aliphatic rings. The van der Waals surface area contributed by atoms with Crippen LogP contribution in [0.25, 0.3) is 0 Å². The minimum atomic E-state index is -0.535. The summed E-state index contributed by atoms with van der Waals surface area (Å²) in [5.41, 5.74) is 0. The van der Waals surface area contributed by atoms with Gasteiger partial charge in [0, 0.05) is 7.05 Å². The third-order valence-corrected chi connectivity index (χ3v) is 0.903. The van der Waals surface area contributed by atoms with Gasteiger partial charge in [0.1, 0.15) is 6.23 Å². The van der Waals surface area contributed by atoms with Gasteiger partial charge in [0.15, 0.2) is 0 Å². The third-order valence-electron chi connectivity index (χ3n) is 0.903. The van der Waals surface area contributed by atoms with E-state index >= 15 is 0 Å². The second-order valence-electron chi connectivity index (χ2n) is 2.33. The molecule has 1 N–H and O–H groups in total. The molecule has 0 heterocycles.